The molecule has 0 saturated carbocycles. The van der Waals surface area contributed by atoms with Crippen molar-refractivity contribution in [3.63, 3.8) is 0 Å². The number of fused-ring (bicyclic) bond motifs is 2. The zero-order chi connectivity index (χ0) is 24.9. The Morgan fingerprint density at radius 3 is 2.66 bits per heavy atom. The number of rotatable bonds is 4. The van der Waals surface area contributed by atoms with Crippen LogP contribution >= 0.6 is 0 Å². The van der Waals surface area contributed by atoms with Crippen molar-refractivity contribution < 1.29 is 22.7 Å². The maximum Gasteiger partial charge on any atom is 0.354 e. The molecule has 0 radical (unpaired) electrons. The largest absolute Gasteiger partial charge is 0.477 e. The number of halogens is 1. The quantitative estimate of drug-likeness (QED) is 0.446. The predicted molar refractivity (Wildman–Crippen MR) is 127 cm³/mol. The number of nitrogens with one attached hydrogen (secondary N) is 1. The molecule has 1 aliphatic rings. The molecule has 0 aliphatic carbocycles. The number of carboxylic acid groups (broad SMARTS) is 1. The highest BCUT2D eigenvalue weighted by Crippen LogP contribution is 2.32. The Morgan fingerprint density at radius 1 is 1.11 bits per heavy atom. The summed E-state index contributed by atoms with van der Waals surface area (Å²) in [6.07, 6.45) is 2.24. The van der Waals surface area contributed by atoms with Crippen molar-refractivity contribution in [1.29, 1.82) is 0 Å². The Labute approximate surface area is 199 Å². The lowest BCUT2D eigenvalue weighted by molar-refractivity contribution is 0.0690. The van der Waals surface area contributed by atoms with Crippen LogP contribution in [-0.4, -0.2) is 40.6 Å². The number of anilines is 1. The number of H-pyrrole nitrogens is 1. The minimum atomic E-state index is -4.10. The van der Waals surface area contributed by atoms with Gasteiger partial charge >= 0.3 is 11.7 Å². The third kappa shape index (κ3) is 3.77. The number of carbonyl (C=O) groups is 1. The van der Waals surface area contributed by atoms with Gasteiger partial charge in [-0.2, -0.15) is 0 Å². The van der Waals surface area contributed by atoms with Crippen LogP contribution in [0.1, 0.15) is 34.5 Å². The maximum absolute atomic E-state index is 15.0. The highest BCUT2D eigenvalue weighted by molar-refractivity contribution is 7.92. The van der Waals surface area contributed by atoms with E-state index in [2.05, 4.69) is 9.97 Å². The Balaban J connectivity index is 1.70. The highest BCUT2D eigenvalue weighted by Gasteiger charge is 2.29. The molecular formula is C24H21FN4O5S. The molecular weight excluding hydrogens is 475 g/mol. The molecule has 11 heteroatoms. The molecule has 2 N–H and O–H groups in total. The van der Waals surface area contributed by atoms with Gasteiger partial charge in [-0.1, -0.05) is 18.2 Å². The first-order chi connectivity index (χ1) is 16.7. The lowest BCUT2D eigenvalue weighted by atomic mass is 10.1. The lowest BCUT2D eigenvalue weighted by Gasteiger charge is -2.25. The molecule has 1 aliphatic heterocycles. The topological polar surface area (TPSA) is 125 Å². The fourth-order valence-electron chi connectivity index (χ4n) is 4.42. The number of aromatic nitrogens is 3. The Morgan fingerprint density at radius 2 is 1.89 bits per heavy atom. The van der Waals surface area contributed by atoms with E-state index >= 15 is 4.39 Å². The molecule has 0 unspecified atom stereocenters. The van der Waals surface area contributed by atoms with Gasteiger partial charge in [-0.25, -0.2) is 31.9 Å². The van der Waals surface area contributed by atoms with E-state index in [4.69, 9.17) is 0 Å². The molecule has 9 nitrogen and oxygen atoms in total. The standard InChI is InChI=1S/C24H21FN4O5S/c1-14-12-18(23(30)31)26-22-21(14)27-24(32)29(22)20-13-16(9-10-17(20)25)35(33,34)28-11-5-4-7-15-6-2-3-8-19(15)28/h2-3,6,8-10,12-13H,4-5,7,11H2,1H3,(H,27,32)(H,30,31). The van der Waals surface area contributed by atoms with Gasteiger partial charge in [0.2, 0.25) is 0 Å². The average Bonchev–Trinajstić information content (AvgIpc) is 3.00. The van der Waals surface area contributed by atoms with Gasteiger partial charge < -0.3 is 10.1 Å². The van der Waals surface area contributed by atoms with E-state index < -0.39 is 27.5 Å². The van der Waals surface area contributed by atoms with E-state index in [0.29, 0.717) is 17.7 Å². The molecule has 0 bridgehead atoms. The number of nitrogens with zero attached hydrogens (tertiary/aromatic N) is 3. The number of hydrogen-bond donors (Lipinski definition) is 2. The number of sulfonamides is 1. The fraction of sp³-hybridized carbons (Fsp3) is 0.208. The first-order valence-electron chi connectivity index (χ1n) is 10.9. The smallest absolute Gasteiger partial charge is 0.354 e. The summed E-state index contributed by atoms with van der Waals surface area (Å²) in [5, 5.41) is 9.37. The van der Waals surface area contributed by atoms with Crippen molar-refractivity contribution >= 4 is 32.8 Å². The van der Waals surface area contributed by atoms with E-state index in [-0.39, 0.29) is 34.0 Å². The summed E-state index contributed by atoms with van der Waals surface area (Å²) in [7, 11) is -4.10. The van der Waals surface area contributed by atoms with Crippen LogP contribution in [0.2, 0.25) is 0 Å². The number of pyridine rings is 1. The first-order valence-corrected chi connectivity index (χ1v) is 12.4. The van der Waals surface area contributed by atoms with Crippen molar-refractivity contribution in [2.45, 2.75) is 31.1 Å². The van der Waals surface area contributed by atoms with Gasteiger partial charge in [-0.3, -0.25) is 4.31 Å². The van der Waals surface area contributed by atoms with Crippen LogP contribution in [0.15, 0.2) is 58.2 Å². The average molecular weight is 497 g/mol. The zero-order valence-electron chi connectivity index (χ0n) is 18.7. The molecule has 0 fully saturated rings. The van der Waals surface area contributed by atoms with Gasteiger partial charge in [0.15, 0.2) is 11.3 Å². The second-order valence-electron chi connectivity index (χ2n) is 8.37. The Hall–Kier alpha value is -3.99. The molecule has 4 aromatic rings. The summed E-state index contributed by atoms with van der Waals surface area (Å²) in [6, 6.07) is 11.8. The summed E-state index contributed by atoms with van der Waals surface area (Å²) in [5.74, 6) is -2.17. The molecule has 35 heavy (non-hydrogen) atoms. The second kappa shape index (κ2) is 8.35. The van der Waals surface area contributed by atoms with E-state index in [1.165, 1.54) is 10.4 Å². The van der Waals surface area contributed by atoms with Gasteiger partial charge in [0.25, 0.3) is 10.0 Å². The summed E-state index contributed by atoms with van der Waals surface area (Å²) in [6.45, 7) is 1.85. The molecule has 2 aromatic heterocycles. The van der Waals surface area contributed by atoms with E-state index in [1.54, 1.807) is 19.1 Å². The number of para-hydroxylation sites is 1. The van der Waals surface area contributed by atoms with Crippen LogP contribution < -0.4 is 9.99 Å². The van der Waals surface area contributed by atoms with Crippen LogP contribution in [-0.2, 0) is 16.4 Å². The Bertz CT molecular complexity index is 1660. The van der Waals surface area contributed by atoms with Gasteiger partial charge in [0.05, 0.1) is 21.8 Å². The van der Waals surface area contributed by atoms with E-state index in [0.717, 1.165) is 41.2 Å². The summed E-state index contributed by atoms with van der Waals surface area (Å²) < 4.78 is 44.6. The SMILES string of the molecule is Cc1cc(C(=O)O)nc2c1[nH]c(=O)n2-c1cc(S(=O)(=O)N2CCCCc3ccccc32)ccc1F. The molecule has 180 valence electrons. The second-order valence-corrected chi connectivity index (χ2v) is 10.2. The normalized spacial score (nSPS) is 14.1. The monoisotopic (exact) mass is 496 g/mol. The summed E-state index contributed by atoms with van der Waals surface area (Å²) in [4.78, 5) is 30.6. The third-order valence-electron chi connectivity index (χ3n) is 6.13. The maximum atomic E-state index is 15.0. The summed E-state index contributed by atoms with van der Waals surface area (Å²) >= 11 is 0. The summed E-state index contributed by atoms with van der Waals surface area (Å²) in [5.41, 5.74) is 0.580. The van der Waals surface area contributed by atoms with Crippen LogP contribution in [0.25, 0.3) is 16.9 Å². The van der Waals surface area contributed by atoms with Crippen LogP contribution in [0.5, 0.6) is 0 Å². The molecule has 2 aromatic carbocycles. The van der Waals surface area contributed by atoms with Crippen molar-refractivity contribution in [2.24, 2.45) is 0 Å². The minimum Gasteiger partial charge on any atom is -0.477 e. The lowest BCUT2D eigenvalue weighted by Crippen LogP contribution is -2.32. The zero-order valence-corrected chi connectivity index (χ0v) is 19.5. The van der Waals surface area contributed by atoms with Crippen molar-refractivity contribution in [3.05, 3.63) is 81.7 Å². The Kier molecular flexibility index (Phi) is 5.43. The minimum absolute atomic E-state index is 0.110. The third-order valence-corrected chi connectivity index (χ3v) is 7.94. The van der Waals surface area contributed by atoms with Crippen molar-refractivity contribution in [2.75, 3.05) is 10.8 Å². The number of carboxylic acids is 1. The number of imidazole rings is 1. The van der Waals surface area contributed by atoms with Crippen LogP contribution in [0, 0.1) is 12.7 Å². The number of benzene rings is 2. The van der Waals surface area contributed by atoms with Gasteiger partial charge in [-0.05, 0) is 67.6 Å². The van der Waals surface area contributed by atoms with Crippen molar-refractivity contribution in [3.8, 4) is 5.69 Å². The molecule has 0 atom stereocenters. The van der Waals surface area contributed by atoms with Gasteiger partial charge in [0, 0.05) is 6.54 Å². The van der Waals surface area contributed by atoms with E-state index in [9.17, 15) is 23.1 Å². The molecule has 5 rings (SSSR count). The number of aromatic amines is 1. The number of aromatic carboxylic acids is 1. The molecule has 0 amide bonds. The highest BCUT2D eigenvalue weighted by atomic mass is 32.2. The molecule has 0 saturated heterocycles. The molecule has 3 heterocycles. The fourth-order valence-corrected chi connectivity index (χ4v) is 5.98. The van der Waals surface area contributed by atoms with Crippen LogP contribution in [0.3, 0.4) is 0 Å². The van der Waals surface area contributed by atoms with Crippen LogP contribution in [0.4, 0.5) is 10.1 Å². The first kappa shape index (κ1) is 22.8. The van der Waals surface area contributed by atoms with E-state index in [1.807, 2.05) is 12.1 Å². The number of hydrogen-bond acceptors (Lipinski definition) is 5. The van der Waals surface area contributed by atoms with Crippen molar-refractivity contribution in [1.82, 2.24) is 14.5 Å². The van der Waals surface area contributed by atoms with Gasteiger partial charge in [-0.15, -0.1) is 0 Å². The predicted octanol–water partition coefficient (Wildman–Crippen LogP) is 3.39. The molecule has 0 spiro atoms. The van der Waals surface area contributed by atoms with Gasteiger partial charge in [0.1, 0.15) is 5.82 Å². The number of aryl methyl sites for hydroxylation is 2.